The number of pyridine rings is 1. The van der Waals surface area contributed by atoms with Gasteiger partial charge in [0.05, 0.1) is 22.7 Å². The highest BCUT2D eigenvalue weighted by molar-refractivity contribution is 7.91. The maximum atomic E-state index is 13.1. The van der Waals surface area contributed by atoms with Crippen LogP contribution >= 0.6 is 11.6 Å². The molecule has 0 bridgehead atoms. The number of carbonyl (C=O) groups is 1. The van der Waals surface area contributed by atoms with Crippen molar-refractivity contribution in [3.05, 3.63) is 76.3 Å². The van der Waals surface area contributed by atoms with E-state index in [0.717, 1.165) is 39.2 Å². The minimum absolute atomic E-state index is 0.0833. The highest BCUT2D eigenvalue weighted by Crippen LogP contribution is 2.33. The Balaban J connectivity index is 1.50. The molecule has 10 heteroatoms. The first-order chi connectivity index (χ1) is 17.7. The van der Waals surface area contributed by atoms with Crippen molar-refractivity contribution in [1.82, 2.24) is 15.5 Å². The van der Waals surface area contributed by atoms with Crippen molar-refractivity contribution >= 4 is 43.9 Å². The Hall–Kier alpha value is -3.43. The van der Waals surface area contributed by atoms with E-state index in [-0.39, 0.29) is 29.1 Å². The molecule has 0 radical (unpaired) electrons. The van der Waals surface area contributed by atoms with Crippen LogP contribution in [0.3, 0.4) is 0 Å². The number of aryl methyl sites for hydroxylation is 2. The van der Waals surface area contributed by atoms with E-state index in [1.165, 1.54) is 0 Å². The number of hydrogen-bond acceptors (Lipinski definition) is 7. The van der Waals surface area contributed by atoms with Gasteiger partial charge in [0.2, 0.25) is 0 Å². The summed E-state index contributed by atoms with van der Waals surface area (Å²) < 4.78 is 28.9. The van der Waals surface area contributed by atoms with Crippen molar-refractivity contribution in [3.8, 4) is 11.1 Å². The van der Waals surface area contributed by atoms with Crippen LogP contribution in [0, 0.1) is 13.8 Å². The van der Waals surface area contributed by atoms with E-state index in [4.69, 9.17) is 16.1 Å². The minimum atomic E-state index is -3.01. The molecule has 0 aliphatic carbocycles. The molecule has 192 valence electrons. The van der Waals surface area contributed by atoms with Crippen LogP contribution in [0.5, 0.6) is 0 Å². The summed E-state index contributed by atoms with van der Waals surface area (Å²) in [4.78, 5) is 17.8. The maximum Gasteiger partial charge on any atom is 0.270 e. The highest BCUT2D eigenvalue weighted by atomic mass is 35.5. The molecule has 5 rings (SSSR count). The number of aromatic nitrogens is 2. The molecular weight excluding hydrogens is 512 g/mol. The second-order valence-electron chi connectivity index (χ2n) is 9.37. The third-order valence-electron chi connectivity index (χ3n) is 6.63. The predicted molar refractivity (Wildman–Crippen MR) is 145 cm³/mol. The van der Waals surface area contributed by atoms with E-state index < -0.39 is 9.84 Å². The number of anilines is 1. The number of carbonyl (C=O) groups excluding carboxylic acids is 1. The lowest BCUT2D eigenvalue weighted by molar-refractivity contribution is 0.0929. The van der Waals surface area contributed by atoms with Crippen molar-refractivity contribution in [2.75, 3.05) is 16.8 Å². The summed E-state index contributed by atoms with van der Waals surface area (Å²) in [6.07, 6.45) is 0.810. The maximum absolute atomic E-state index is 13.1. The van der Waals surface area contributed by atoms with Gasteiger partial charge >= 0.3 is 0 Å². The van der Waals surface area contributed by atoms with Crippen LogP contribution in [0.2, 0.25) is 5.02 Å². The molecule has 2 N–H and O–H groups in total. The minimum Gasteiger partial charge on any atom is -0.380 e. The normalized spacial score (nSPS) is 15.5. The SMILES string of the molecule is Cc1noc(C)c1-c1ccc2nc(C(=O)NC3CCS(=O)(=O)CC3)cc(NCc3cccc(Cl)c3)c2c1. The number of hydrogen-bond donors (Lipinski definition) is 2. The molecule has 0 spiro atoms. The van der Waals surface area contributed by atoms with Crippen molar-refractivity contribution in [3.63, 3.8) is 0 Å². The molecule has 0 atom stereocenters. The van der Waals surface area contributed by atoms with Crippen molar-refractivity contribution in [2.45, 2.75) is 39.3 Å². The van der Waals surface area contributed by atoms with Crippen LogP contribution in [-0.2, 0) is 16.4 Å². The van der Waals surface area contributed by atoms with Gasteiger partial charge in [0.25, 0.3) is 5.91 Å². The summed E-state index contributed by atoms with van der Waals surface area (Å²) in [6, 6.07) is 15.0. The average Bonchev–Trinajstić information content (AvgIpc) is 3.21. The van der Waals surface area contributed by atoms with Gasteiger partial charge < -0.3 is 15.2 Å². The quantitative estimate of drug-likeness (QED) is 0.352. The smallest absolute Gasteiger partial charge is 0.270 e. The number of rotatable bonds is 6. The molecule has 8 nitrogen and oxygen atoms in total. The standard InChI is InChI=1S/C27H27ClN4O4S/c1-16-26(17(2)36-32-16)19-6-7-23-22(13-19)24(29-15-18-4-3-5-20(28)12-18)14-25(31-23)27(33)30-21-8-10-37(34,35)11-9-21/h3-7,12-14,21H,8-11,15H2,1-2H3,(H,29,31)(H,30,33). The van der Waals surface area contributed by atoms with Gasteiger partial charge in [-0.2, -0.15) is 0 Å². The topological polar surface area (TPSA) is 114 Å². The van der Waals surface area contributed by atoms with E-state index in [1.54, 1.807) is 6.07 Å². The summed E-state index contributed by atoms with van der Waals surface area (Å²) >= 11 is 6.16. The Morgan fingerprint density at radius 3 is 2.59 bits per heavy atom. The summed E-state index contributed by atoms with van der Waals surface area (Å²) in [7, 11) is -3.01. The summed E-state index contributed by atoms with van der Waals surface area (Å²) in [5.74, 6) is 0.565. The van der Waals surface area contributed by atoms with Crippen LogP contribution < -0.4 is 10.6 Å². The Kier molecular flexibility index (Phi) is 6.92. The van der Waals surface area contributed by atoms with E-state index in [1.807, 2.05) is 56.3 Å². The van der Waals surface area contributed by atoms with Crippen LogP contribution in [0.15, 0.2) is 53.1 Å². The summed E-state index contributed by atoms with van der Waals surface area (Å²) in [5, 5.41) is 12.0. The average molecular weight is 539 g/mol. The molecule has 37 heavy (non-hydrogen) atoms. The number of amides is 1. The summed E-state index contributed by atoms with van der Waals surface area (Å²) in [5.41, 5.74) is 5.32. The van der Waals surface area contributed by atoms with Crippen molar-refractivity contribution in [2.24, 2.45) is 0 Å². The van der Waals surface area contributed by atoms with E-state index in [2.05, 4.69) is 20.8 Å². The fourth-order valence-electron chi connectivity index (χ4n) is 4.68. The first-order valence-electron chi connectivity index (χ1n) is 12.1. The molecular formula is C27H27ClN4O4S. The van der Waals surface area contributed by atoms with Gasteiger partial charge in [-0.25, -0.2) is 13.4 Å². The first-order valence-corrected chi connectivity index (χ1v) is 14.3. The number of sulfone groups is 1. The molecule has 2 aromatic carbocycles. The third kappa shape index (κ3) is 5.62. The van der Waals surface area contributed by atoms with Gasteiger partial charge in [-0.1, -0.05) is 35.0 Å². The van der Waals surface area contributed by atoms with Crippen LogP contribution in [0.1, 0.15) is 40.3 Å². The first kappa shape index (κ1) is 25.2. The zero-order valence-corrected chi connectivity index (χ0v) is 22.1. The van der Waals surface area contributed by atoms with Gasteiger partial charge in [0.1, 0.15) is 21.3 Å². The second-order valence-corrected chi connectivity index (χ2v) is 12.1. The van der Waals surface area contributed by atoms with Crippen molar-refractivity contribution < 1.29 is 17.7 Å². The monoisotopic (exact) mass is 538 g/mol. The Labute approximate surface area is 220 Å². The second kappa shape index (κ2) is 10.1. The molecule has 0 unspecified atom stereocenters. The third-order valence-corrected chi connectivity index (χ3v) is 8.58. The van der Waals surface area contributed by atoms with E-state index in [9.17, 15) is 13.2 Å². The summed E-state index contributed by atoms with van der Waals surface area (Å²) in [6.45, 7) is 4.27. The molecule has 1 aliphatic rings. The fourth-order valence-corrected chi connectivity index (χ4v) is 6.38. The zero-order valence-electron chi connectivity index (χ0n) is 20.5. The van der Waals surface area contributed by atoms with Gasteiger partial charge in [0.15, 0.2) is 0 Å². The Bertz CT molecular complexity index is 1570. The lowest BCUT2D eigenvalue weighted by Crippen LogP contribution is -2.41. The number of nitrogens with zero attached hydrogens (tertiary/aromatic N) is 2. The Morgan fingerprint density at radius 2 is 1.89 bits per heavy atom. The van der Waals surface area contributed by atoms with Gasteiger partial charge in [-0.3, -0.25) is 4.79 Å². The molecule has 1 amide bonds. The molecule has 1 aliphatic heterocycles. The molecule has 4 aromatic rings. The number of halogens is 1. The zero-order chi connectivity index (χ0) is 26.2. The van der Waals surface area contributed by atoms with Crippen LogP contribution in [0.25, 0.3) is 22.0 Å². The Morgan fingerprint density at radius 1 is 1.11 bits per heavy atom. The fraction of sp³-hybridized carbons (Fsp3) is 0.296. The van der Waals surface area contributed by atoms with Gasteiger partial charge in [0, 0.05) is 34.2 Å². The number of fused-ring (bicyclic) bond motifs is 1. The molecule has 1 saturated heterocycles. The number of benzene rings is 2. The molecule has 0 saturated carbocycles. The van der Waals surface area contributed by atoms with E-state index in [0.29, 0.717) is 29.9 Å². The predicted octanol–water partition coefficient (Wildman–Crippen LogP) is 5.08. The molecule has 3 heterocycles. The molecule has 1 fully saturated rings. The lowest BCUT2D eigenvalue weighted by Gasteiger charge is -2.23. The van der Waals surface area contributed by atoms with Gasteiger partial charge in [-0.05, 0) is 68.1 Å². The van der Waals surface area contributed by atoms with Gasteiger partial charge in [-0.15, -0.1) is 0 Å². The van der Waals surface area contributed by atoms with E-state index >= 15 is 0 Å². The largest absolute Gasteiger partial charge is 0.380 e. The molecule has 2 aromatic heterocycles. The van der Waals surface area contributed by atoms with Crippen LogP contribution in [-0.4, -0.2) is 42.0 Å². The van der Waals surface area contributed by atoms with Crippen molar-refractivity contribution in [1.29, 1.82) is 0 Å². The lowest BCUT2D eigenvalue weighted by atomic mass is 10.0. The van der Waals surface area contributed by atoms with Crippen LogP contribution in [0.4, 0.5) is 5.69 Å². The number of nitrogens with one attached hydrogen (secondary N) is 2. The highest BCUT2D eigenvalue weighted by Gasteiger charge is 2.26.